The normalized spacial score (nSPS) is 23.0. The third-order valence-corrected chi connectivity index (χ3v) is 7.54. The van der Waals surface area contributed by atoms with Gasteiger partial charge in [0.25, 0.3) is 0 Å². The first-order chi connectivity index (χ1) is 12.5. The minimum Gasteiger partial charge on any atom is -0.465 e. The quantitative estimate of drug-likeness (QED) is 0.872. The number of benzene rings is 1. The van der Waals surface area contributed by atoms with Crippen molar-refractivity contribution >= 4 is 10.0 Å². The Bertz CT molecular complexity index is 852. The molecular weight excluding hydrogens is 348 g/mol. The molecule has 1 aliphatic carbocycles. The number of sulfonamides is 1. The van der Waals surface area contributed by atoms with Gasteiger partial charge in [0.1, 0.15) is 11.5 Å². The maximum Gasteiger partial charge on any atom is 0.240 e. The van der Waals surface area contributed by atoms with Crippen LogP contribution < -0.4 is 4.72 Å². The van der Waals surface area contributed by atoms with Gasteiger partial charge in [-0.25, -0.2) is 13.1 Å². The molecule has 1 aliphatic heterocycles. The number of likely N-dealkylation sites (tertiary alicyclic amines) is 1. The van der Waals surface area contributed by atoms with Gasteiger partial charge in [-0.05, 0) is 75.4 Å². The summed E-state index contributed by atoms with van der Waals surface area (Å²) in [5, 5.41) is 0. The highest BCUT2D eigenvalue weighted by Gasteiger charge is 2.49. The number of furan rings is 1. The molecule has 26 heavy (non-hydrogen) atoms. The molecule has 2 aliphatic rings. The molecule has 1 N–H and O–H groups in total. The topological polar surface area (TPSA) is 62.6 Å². The highest BCUT2D eigenvalue weighted by atomic mass is 32.2. The molecule has 1 spiro atoms. The fourth-order valence-electron chi connectivity index (χ4n) is 4.28. The van der Waals surface area contributed by atoms with Gasteiger partial charge in [-0.3, -0.25) is 4.90 Å². The van der Waals surface area contributed by atoms with Crippen molar-refractivity contribution in [1.82, 2.24) is 9.62 Å². The zero-order valence-electron chi connectivity index (χ0n) is 15.1. The fourth-order valence-corrected chi connectivity index (χ4v) is 5.68. The van der Waals surface area contributed by atoms with Crippen LogP contribution in [0.4, 0.5) is 0 Å². The number of nitrogens with zero attached hydrogens (tertiary/aromatic N) is 1. The Labute approximate surface area is 155 Å². The molecule has 0 amide bonds. The van der Waals surface area contributed by atoms with Gasteiger partial charge in [-0.1, -0.05) is 18.2 Å². The van der Waals surface area contributed by atoms with Crippen molar-refractivity contribution in [3.8, 4) is 0 Å². The molecule has 1 aromatic heterocycles. The molecule has 2 aromatic rings. The third-order valence-electron chi connectivity index (χ3n) is 6.05. The van der Waals surface area contributed by atoms with E-state index >= 15 is 0 Å². The van der Waals surface area contributed by atoms with Crippen LogP contribution in [0.3, 0.4) is 0 Å². The van der Waals surface area contributed by atoms with E-state index in [1.54, 1.807) is 24.3 Å². The second-order valence-corrected chi connectivity index (χ2v) is 9.39. The summed E-state index contributed by atoms with van der Waals surface area (Å²) < 4.78 is 33.9. The van der Waals surface area contributed by atoms with Crippen LogP contribution in [0.25, 0.3) is 0 Å². The summed E-state index contributed by atoms with van der Waals surface area (Å²) in [6.45, 7) is 4.78. The molecule has 1 aromatic carbocycles. The lowest BCUT2D eigenvalue weighted by atomic mass is 9.59. The van der Waals surface area contributed by atoms with Crippen molar-refractivity contribution < 1.29 is 12.8 Å². The summed E-state index contributed by atoms with van der Waals surface area (Å²) in [6, 6.07) is 12.8. The van der Waals surface area contributed by atoms with E-state index in [2.05, 4.69) is 9.62 Å². The predicted octanol–water partition coefficient (Wildman–Crippen LogP) is 3.31. The zero-order valence-corrected chi connectivity index (χ0v) is 16.0. The van der Waals surface area contributed by atoms with Crippen molar-refractivity contribution in [2.24, 2.45) is 5.41 Å². The first-order valence-corrected chi connectivity index (χ1v) is 10.8. The van der Waals surface area contributed by atoms with Crippen LogP contribution in [-0.4, -0.2) is 32.4 Å². The van der Waals surface area contributed by atoms with Crippen molar-refractivity contribution in [3.05, 3.63) is 54.0 Å². The Morgan fingerprint density at radius 3 is 2.42 bits per heavy atom. The Hall–Kier alpha value is -1.63. The van der Waals surface area contributed by atoms with E-state index in [4.69, 9.17) is 4.42 Å². The van der Waals surface area contributed by atoms with E-state index in [1.807, 2.05) is 25.1 Å². The van der Waals surface area contributed by atoms with Crippen molar-refractivity contribution in [2.45, 2.75) is 50.1 Å². The number of nitrogens with one attached hydrogen (secondary N) is 1. The molecule has 1 unspecified atom stereocenters. The second-order valence-electron chi connectivity index (χ2n) is 7.68. The third kappa shape index (κ3) is 3.46. The van der Waals surface area contributed by atoms with Crippen molar-refractivity contribution in [2.75, 3.05) is 13.1 Å². The monoisotopic (exact) mass is 374 g/mol. The molecule has 0 radical (unpaired) electrons. The summed E-state index contributed by atoms with van der Waals surface area (Å²) in [6.07, 6.45) is 4.12. The van der Waals surface area contributed by atoms with Crippen LogP contribution in [0.2, 0.25) is 0 Å². The highest BCUT2D eigenvalue weighted by molar-refractivity contribution is 7.89. The van der Waals surface area contributed by atoms with E-state index < -0.39 is 10.0 Å². The standard InChI is InChI=1S/C20H26N2O3S/c1-16-7-8-17(25-16)15-22-13-11-20(12-14-22)10-9-19(20)21-26(23,24)18-5-3-2-4-6-18/h2-8,19,21H,9-15H2,1H3. The van der Waals surface area contributed by atoms with Crippen molar-refractivity contribution in [1.29, 1.82) is 0 Å². The minimum atomic E-state index is -3.43. The molecule has 5 nitrogen and oxygen atoms in total. The van der Waals surface area contributed by atoms with Gasteiger partial charge in [0, 0.05) is 6.04 Å². The minimum absolute atomic E-state index is 0.0562. The smallest absolute Gasteiger partial charge is 0.240 e. The molecule has 140 valence electrons. The molecule has 1 saturated heterocycles. The molecule has 0 bridgehead atoms. The lowest BCUT2D eigenvalue weighted by Gasteiger charge is -2.53. The summed E-state index contributed by atoms with van der Waals surface area (Å²) >= 11 is 0. The highest BCUT2D eigenvalue weighted by Crippen LogP contribution is 2.49. The molecule has 4 rings (SSSR count). The van der Waals surface area contributed by atoms with Crippen LogP contribution in [0, 0.1) is 12.3 Å². The van der Waals surface area contributed by atoms with Gasteiger partial charge in [0.05, 0.1) is 11.4 Å². The van der Waals surface area contributed by atoms with Gasteiger partial charge in [0.2, 0.25) is 10.0 Å². The molecule has 1 saturated carbocycles. The average molecular weight is 375 g/mol. The first kappa shape index (κ1) is 17.8. The predicted molar refractivity (Wildman–Crippen MR) is 100 cm³/mol. The number of rotatable bonds is 5. The number of piperidine rings is 1. The Morgan fingerprint density at radius 2 is 1.85 bits per heavy atom. The number of aryl methyl sites for hydroxylation is 1. The average Bonchev–Trinajstić information content (AvgIpc) is 3.05. The largest absolute Gasteiger partial charge is 0.465 e. The van der Waals surface area contributed by atoms with E-state index in [0.717, 1.165) is 56.8 Å². The van der Waals surface area contributed by atoms with E-state index in [-0.39, 0.29) is 11.5 Å². The summed E-state index contributed by atoms with van der Waals surface area (Å²) in [7, 11) is -3.43. The zero-order chi connectivity index (χ0) is 18.2. The maximum atomic E-state index is 12.6. The Kier molecular flexibility index (Phi) is 4.67. The van der Waals surface area contributed by atoms with Crippen molar-refractivity contribution in [3.63, 3.8) is 0 Å². The Balaban J connectivity index is 1.37. The fraction of sp³-hybridized carbons (Fsp3) is 0.500. The SMILES string of the molecule is Cc1ccc(CN2CCC3(CCC3NS(=O)(=O)c3ccccc3)CC2)o1. The molecule has 2 heterocycles. The van der Waals surface area contributed by atoms with Gasteiger partial charge < -0.3 is 4.42 Å². The maximum absolute atomic E-state index is 12.6. The van der Waals surface area contributed by atoms with Crippen LogP contribution in [-0.2, 0) is 16.6 Å². The summed E-state index contributed by atoms with van der Waals surface area (Å²) in [4.78, 5) is 2.76. The van der Waals surface area contributed by atoms with E-state index in [9.17, 15) is 8.42 Å². The van der Waals surface area contributed by atoms with Gasteiger partial charge >= 0.3 is 0 Å². The lowest BCUT2D eigenvalue weighted by Crippen LogP contribution is -2.58. The summed E-state index contributed by atoms with van der Waals surface area (Å²) in [5.41, 5.74) is 0.122. The number of hydrogen-bond donors (Lipinski definition) is 1. The lowest BCUT2D eigenvalue weighted by molar-refractivity contribution is -0.000983. The van der Waals surface area contributed by atoms with Gasteiger partial charge in [-0.15, -0.1) is 0 Å². The van der Waals surface area contributed by atoms with Gasteiger partial charge in [0.15, 0.2) is 0 Å². The molecule has 6 heteroatoms. The van der Waals surface area contributed by atoms with E-state index in [0.29, 0.717) is 4.90 Å². The molecular formula is C20H26N2O3S. The molecule has 2 fully saturated rings. The second kappa shape index (κ2) is 6.83. The molecule has 1 atom stereocenters. The number of hydrogen-bond acceptors (Lipinski definition) is 4. The first-order valence-electron chi connectivity index (χ1n) is 9.32. The summed E-state index contributed by atoms with van der Waals surface area (Å²) in [5.74, 6) is 1.95. The van der Waals surface area contributed by atoms with Crippen LogP contribution in [0.15, 0.2) is 51.8 Å². The van der Waals surface area contributed by atoms with E-state index in [1.165, 1.54) is 0 Å². The van der Waals surface area contributed by atoms with Crippen LogP contribution >= 0.6 is 0 Å². The Morgan fingerprint density at radius 1 is 1.12 bits per heavy atom. The van der Waals surface area contributed by atoms with Crippen LogP contribution in [0.5, 0.6) is 0 Å². The van der Waals surface area contributed by atoms with Crippen LogP contribution in [0.1, 0.15) is 37.2 Å². The van der Waals surface area contributed by atoms with Gasteiger partial charge in [-0.2, -0.15) is 0 Å².